The second-order valence-corrected chi connectivity index (χ2v) is 8.40. The first-order valence-corrected chi connectivity index (χ1v) is 11.1. The number of hydrogen-bond acceptors (Lipinski definition) is 4. The van der Waals surface area contributed by atoms with Crippen molar-refractivity contribution in [1.82, 2.24) is 0 Å². The molecule has 4 nitrogen and oxygen atoms in total. The number of aliphatic hydroxyl groups excluding tert-OH is 1. The van der Waals surface area contributed by atoms with Crippen molar-refractivity contribution in [2.45, 2.75) is 70.9 Å². The Morgan fingerprint density at radius 2 is 2.04 bits per heavy atom. The van der Waals surface area contributed by atoms with Crippen LogP contribution in [0.1, 0.15) is 52.0 Å². The summed E-state index contributed by atoms with van der Waals surface area (Å²) in [6, 6.07) is 7.94. The average molecular weight is 500 g/mol. The highest BCUT2D eigenvalue weighted by Gasteiger charge is 2.50. The van der Waals surface area contributed by atoms with E-state index < -0.39 is 0 Å². The fourth-order valence-electron chi connectivity index (χ4n) is 3.16. The van der Waals surface area contributed by atoms with Crippen LogP contribution in [0, 0.1) is 0 Å². The molecule has 1 saturated heterocycles. The molecule has 5 heteroatoms. The normalized spacial score (nSPS) is 23.6. The molecule has 0 aliphatic carbocycles. The minimum absolute atomic E-state index is 0.0717. The van der Waals surface area contributed by atoms with E-state index in [0.717, 1.165) is 42.6 Å². The first kappa shape index (κ1) is 23.4. The van der Waals surface area contributed by atoms with Gasteiger partial charge in [-0.05, 0) is 73.8 Å². The molecule has 1 N–H and O–H groups in total. The molecule has 156 valence electrons. The number of benzene rings is 1. The Labute approximate surface area is 183 Å². The van der Waals surface area contributed by atoms with Crippen LogP contribution < -0.4 is 4.74 Å². The number of aliphatic hydroxyl groups is 1. The summed E-state index contributed by atoms with van der Waals surface area (Å²) in [6.07, 6.45) is 5.79. The Morgan fingerprint density at radius 3 is 2.68 bits per heavy atom. The van der Waals surface area contributed by atoms with Crippen LogP contribution >= 0.6 is 22.6 Å². The van der Waals surface area contributed by atoms with Crippen molar-refractivity contribution in [3.05, 3.63) is 51.1 Å². The third-order valence-electron chi connectivity index (χ3n) is 5.43. The van der Waals surface area contributed by atoms with E-state index in [4.69, 9.17) is 14.2 Å². The molecule has 0 radical (unpaired) electrons. The SMILES string of the molecule is COc1ccc(COC/C=C(\C)CC[C@H]2O[C@]2(C)CC[C@H](O)/C(C)=C\I)cc1. The van der Waals surface area contributed by atoms with Gasteiger partial charge >= 0.3 is 0 Å². The third-order valence-corrected chi connectivity index (χ3v) is 6.41. The highest BCUT2D eigenvalue weighted by Crippen LogP contribution is 2.43. The molecule has 3 atom stereocenters. The molecule has 1 aromatic rings. The number of epoxide rings is 1. The molecule has 0 spiro atoms. The van der Waals surface area contributed by atoms with Gasteiger partial charge in [0.1, 0.15) is 5.75 Å². The largest absolute Gasteiger partial charge is 0.497 e. The molecule has 1 heterocycles. The van der Waals surface area contributed by atoms with Gasteiger partial charge in [-0.2, -0.15) is 0 Å². The van der Waals surface area contributed by atoms with E-state index >= 15 is 0 Å². The predicted molar refractivity (Wildman–Crippen MR) is 122 cm³/mol. The quantitative estimate of drug-likeness (QED) is 0.176. The number of rotatable bonds is 12. The molecular weight excluding hydrogens is 467 g/mol. The second kappa shape index (κ2) is 11.3. The van der Waals surface area contributed by atoms with Gasteiger partial charge in [0.25, 0.3) is 0 Å². The predicted octanol–water partition coefficient (Wildman–Crippen LogP) is 5.58. The topological polar surface area (TPSA) is 51.2 Å². The van der Waals surface area contributed by atoms with Crippen molar-refractivity contribution in [3.63, 3.8) is 0 Å². The van der Waals surface area contributed by atoms with Crippen molar-refractivity contribution < 1.29 is 19.3 Å². The minimum atomic E-state index is -0.358. The Hall–Kier alpha value is -0.890. The molecule has 28 heavy (non-hydrogen) atoms. The van der Waals surface area contributed by atoms with Crippen molar-refractivity contribution in [2.75, 3.05) is 13.7 Å². The molecule has 0 aromatic heterocycles. The molecule has 1 aliphatic heterocycles. The summed E-state index contributed by atoms with van der Waals surface area (Å²) in [6.45, 7) is 7.49. The Balaban J connectivity index is 1.62. The van der Waals surface area contributed by atoms with Gasteiger partial charge in [0.15, 0.2) is 0 Å². The zero-order valence-corrected chi connectivity index (χ0v) is 19.6. The summed E-state index contributed by atoms with van der Waals surface area (Å²) in [4.78, 5) is 0. The molecule has 2 rings (SSSR count). The van der Waals surface area contributed by atoms with Crippen LogP contribution in [0.3, 0.4) is 0 Å². The highest BCUT2D eigenvalue weighted by atomic mass is 127. The van der Waals surface area contributed by atoms with E-state index in [0.29, 0.717) is 19.3 Å². The zero-order valence-electron chi connectivity index (χ0n) is 17.4. The summed E-state index contributed by atoms with van der Waals surface area (Å²) >= 11 is 2.17. The summed E-state index contributed by atoms with van der Waals surface area (Å²) < 4.78 is 18.8. The van der Waals surface area contributed by atoms with Crippen LogP contribution in [0.25, 0.3) is 0 Å². The van der Waals surface area contributed by atoms with Crippen molar-refractivity contribution in [3.8, 4) is 5.75 Å². The number of hydrogen-bond donors (Lipinski definition) is 1. The van der Waals surface area contributed by atoms with E-state index in [9.17, 15) is 5.11 Å². The second-order valence-electron chi connectivity index (χ2n) is 7.78. The van der Waals surface area contributed by atoms with E-state index in [1.54, 1.807) is 7.11 Å². The first-order valence-electron chi connectivity index (χ1n) is 9.87. The molecule has 0 bridgehead atoms. The summed E-state index contributed by atoms with van der Waals surface area (Å²) in [7, 11) is 1.67. The van der Waals surface area contributed by atoms with Gasteiger partial charge in [-0.25, -0.2) is 0 Å². The maximum Gasteiger partial charge on any atom is 0.118 e. The fraction of sp³-hybridized carbons (Fsp3) is 0.565. The Morgan fingerprint density at radius 1 is 1.32 bits per heavy atom. The molecule has 1 fully saturated rings. The first-order chi connectivity index (χ1) is 13.4. The van der Waals surface area contributed by atoms with Crippen molar-refractivity contribution >= 4 is 22.6 Å². The number of allylic oxidation sites excluding steroid dienone is 1. The van der Waals surface area contributed by atoms with E-state index in [-0.39, 0.29) is 11.7 Å². The van der Waals surface area contributed by atoms with Crippen molar-refractivity contribution in [1.29, 1.82) is 0 Å². The zero-order chi connectivity index (χ0) is 20.6. The van der Waals surface area contributed by atoms with Crippen LogP contribution in [0.4, 0.5) is 0 Å². The fourth-order valence-corrected chi connectivity index (χ4v) is 3.57. The number of ether oxygens (including phenoxy) is 3. The molecule has 1 aromatic carbocycles. The lowest BCUT2D eigenvalue weighted by Crippen LogP contribution is -2.16. The van der Waals surface area contributed by atoms with Crippen LogP contribution in [-0.2, 0) is 16.1 Å². The number of methoxy groups -OCH3 is 1. The highest BCUT2D eigenvalue weighted by molar-refractivity contribution is 14.1. The summed E-state index contributed by atoms with van der Waals surface area (Å²) in [5.74, 6) is 0.861. The van der Waals surface area contributed by atoms with Crippen molar-refractivity contribution in [2.24, 2.45) is 0 Å². The monoisotopic (exact) mass is 500 g/mol. The maximum absolute atomic E-state index is 10.1. The van der Waals surface area contributed by atoms with Gasteiger partial charge in [-0.15, -0.1) is 0 Å². The lowest BCUT2D eigenvalue weighted by molar-refractivity contribution is 0.148. The van der Waals surface area contributed by atoms with Gasteiger partial charge in [0, 0.05) is 0 Å². The van der Waals surface area contributed by atoms with Crippen LogP contribution in [0.15, 0.2) is 45.6 Å². The van der Waals surface area contributed by atoms with Gasteiger partial charge in [0.05, 0.1) is 38.1 Å². The van der Waals surface area contributed by atoms with Gasteiger partial charge in [-0.3, -0.25) is 0 Å². The Kier molecular flexibility index (Phi) is 9.47. The number of halogens is 1. The molecule has 0 unspecified atom stereocenters. The molecular formula is C23H33IO4. The minimum Gasteiger partial charge on any atom is -0.497 e. The average Bonchev–Trinajstić information content (AvgIpc) is 3.37. The summed E-state index contributed by atoms with van der Waals surface area (Å²) in [5.41, 5.74) is 3.42. The molecule has 0 amide bonds. The van der Waals surface area contributed by atoms with E-state index in [1.807, 2.05) is 35.3 Å². The van der Waals surface area contributed by atoms with Crippen LogP contribution in [-0.4, -0.2) is 36.6 Å². The third kappa shape index (κ3) is 7.50. The maximum atomic E-state index is 10.1. The molecule has 1 aliphatic rings. The van der Waals surface area contributed by atoms with Gasteiger partial charge < -0.3 is 19.3 Å². The van der Waals surface area contributed by atoms with E-state index in [1.165, 1.54) is 5.57 Å². The summed E-state index contributed by atoms with van der Waals surface area (Å²) in [5, 5.41) is 10.1. The lowest BCUT2D eigenvalue weighted by Gasteiger charge is -2.13. The lowest BCUT2D eigenvalue weighted by atomic mass is 9.94. The standard InChI is InChI=1S/C23H33IO4/c1-17(12-14-27-16-19-6-8-20(26-4)9-7-19)5-10-22-23(3,28-22)13-11-21(25)18(2)15-24/h6-9,12,15,21-22,25H,5,10-11,13-14,16H2,1-4H3/b17-12+,18-15-/t21-,22+,23+/m0/s1. The van der Waals surface area contributed by atoms with E-state index in [2.05, 4.69) is 42.5 Å². The van der Waals surface area contributed by atoms with Gasteiger partial charge in [-0.1, -0.05) is 46.4 Å². The molecule has 0 saturated carbocycles. The smallest absolute Gasteiger partial charge is 0.118 e. The van der Waals surface area contributed by atoms with Crippen LogP contribution in [0.2, 0.25) is 0 Å². The Bertz CT molecular complexity index is 668. The van der Waals surface area contributed by atoms with Crippen LogP contribution in [0.5, 0.6) is 5.75 Å². The van der Waals surface area contributed by atoms with Gasteiger partial charge in [0.2, 0.25) is 0 Å².